The van der Waals surface area contributed by atoms with Gasteiger partial charge in [-0.3, -0.25) is 0 Å². The molecule has 0 saturated carbocycles. The second-order valence-electron chi connectivity index (χ2n) is 5.00. The molecule has 0 fully saturated rings. The summed E-state index contributed by atoms with van der Waals surface area (Å²) in [5.41, 5.74) is 6.31. The highest BCUT2D eigenvalue weighted by Gasteiger charge is 2.13. The van der Waals surface area contributed by atoms with Gasteiger partial charge in [-0.25, -0.2) is 5.84 Å². The highest BCUT2D eigenvalue weighted by Crippen LogP contribution is 2.30. The molecule has 0 radical (unpaired) electrons. The number of fused-ring (bicyclic) bond motifs is 1. The molecule has 3 aromatic rings. The first kappa shape index (κ1) is 14.2. The largest absolute Gasteiger partial charge is 0.456 e. The molecule has 0 amide bonds. The van der Waals surface area contributed by atoms with Gasteiger partial charge in [-0.15, -0.1) is 0 Å². The topological polar surface area (TPSA) is 89.6 Å². The molecular formula is C17H18N4O. The zero-order valence-corrected chi connectivity index (χ0v) is 12.3. The minimum atomic E-state index is 0.408. The summed E-state index contributed by atoms with van der Waals surface area (Å²) in [7, 11) is 0. The molecule has 0 atom stereocenters. The Bertz CT molecular complexity index is 836. The molecule has 112 valence electrons. The quantitative estimate of drug-likeness (QED) is 0.300. The lowest BCUT2D eigenvalue weighted by Gasteiger charge is -2.08. The number of amidine groups is 1. The smallest absolute Gasteiger partial charge is 0.167 e. The summed E-state index contributed by atoms with van der Waals surface area (Å²) in [5.74, 6) is 12.0. The molecule has 5 nitrogen and oxygen atoms in total. The average Bonchev–Trinajstić information content (AvgIpc) is 2.99. The van der Waals surface area contributed by atoms with Crippen LogP contribution in [0.1, 0.15) is 18.1 Å². The zero-order valence-electron chi connectivity index (χ0n) is 12.3. The first-order chi connectivity index (χ1) is 10.8. The van der Waals surface area contributed by atoms with Gasteiger partial charge < -0.3 is 15.7 Å². The summed E-state index contributed by atoms with van der Waals surface area (Å²) in [5, 5.41) is 4.75. The van der Waals surface area contributed by atoms with Crippen molar-refractivity contribution in [3.8, 4) is 11.3 Å². The first-order valence-corrected chi connectivity index (χ1v) is 7.13. The van der Waals surface area contributed by atoms with Gasteiger partial charge in [0.1, 0.15) is 11.3 Å². The summed E-state index contributed by atoms with van der Waals surface area (Å²) in [4.78, 5) is 0. The Hall–Kier alpha value is -2.79. The van der Waals surface area contributed by atoms with E-state index in [1.807, 2.05) is 30.3 Å². The van der Waals surface area contributed by atoms with Crippen molar-refractivity contribution in [2.24, 2.45) is 16.8 Å². The number of furan rings is 1. The van der Waals surface area contributed by atoms with E-state index >= 15 is 0 Å². The van der Waals surface area contributed by atoms with Gasteiger partial charge in [0.05, 0.1) is 0 Å². The fourth-order valence-corrected chi connectivity index (χ4v) is 2.52. The van der Waals surface area contributed by atoms with Crippen molar-refractivity contribution < 1.29 is 4.42 Å². The second-order valence-corrected chi connectivity index (χ2v) is 5.00. The van der Waals surface area contributed by atoms with Gasteiger partial charge in [-0.1, -0.05) is 43.3 Å². The number of hydrazone groups is 1. The van der Waals surface area contributed by atoms with Crippen LogP contribution in [0.5, 0.6) is 0 Å². The monoisotopic (exact) mass is 294 g/mol. The maximum absolute atomic E-state index is 6.01. The van der Waals surface area contributed by atoms with E-state index in [4.69, 9.17) is 16.1 Å². The van der Waals surface area contributed by atoms with Crippen LogP contribution < -0.4 is 17.1 Å². The van der Waals surface area contributed by atoms with Crippen LogP contribution in [0.25, 0.3) is 22.3 Å². The summed E-state index contributed by atoms with van der Waals surface area (Å²) < 4.78 is 6.01. The molecule has 0 aliphatic carbocycles. The molecule has 0 spiro atoms. The molecule has 1 heterocycles. The van der Waals surface area contributed by atoms with E-state index < -0.39 is 0 Å². The Labute approximate surface area is 128 Å². The van der Waals surface area contributed by atoms with Crippen LogP contribution >= 0.6 is 0 Å². The third-order valence-electron chi connectivity index (χ3n) is 3.71. The Balaban J connectivity index is 2.15. The van der Waals surface area contributed by atoms with E-state index in [2.05, 4.69) is 35.7 Å². The van der Waals surface area contributed by atoms with Crippen molar-refractivity contribution in [1.82, 2.24) is 5.43 Å². The predicted octanol–water partition coefficient (Wildman–Crippen LogP) is 2.75. The van der Waals surface area contributed by atoms with Crippen LogP contribution in [0.3, 0.4) is 0 Å². The van der Waals surface area contributed by atoms with Crippen LogP contribution in [0.4, 0.5) is 0 Å². The van der Waals surface area contributed by atoms with Gasteiger partial charge in [0.15, 0.2) is 5.84 Å². The Morgan fingerprint density at radius 2 is 2.00 bits per heavy atom. The molecule has 0 saturated heterocycles. The van der Waals surface area contributed by atoms with Gasteiger partial charge in [0, 0.05) is 16.5 Å². The third kappa shape index (κ3) is 2.42. The Morgan fingerprint density at radius 3 is 2.73 bits per heavy atom. The lowest BCUT2D eigenvalue weighted by Crippen LogP contribution is -2.32. The minimum Gasteiger partial charge on any atom is -0.456 e. The van der Waals surface area contributed by atoms with Crippen molar-refractivity contribution >= 4 is 16.8 Å². The molecule has 0 aliphatic rings. The second kappa shape index (κ2) is 5.91. The van der Waals surface area contributed by atoms with Crippen LogP contribution in [0, 0.1) is 0 Å². The number of hydrogen-bond acceptors (Lipinski definition) is 4. The molecule has 22 heavy (non-hydrogen) atoms. The maximum atomic E-state index is 6.01. The molecule has 5 N–H and O–H groups in total. The standard InChI is InChI=1S/C17H18N4O/c1-2-11-7-8-12-10-16(22-15(12)9-11)13-5-3-4-6-14(13)17(20-18)21-19/h3-10H,2,18-19H2,1H3,(H,20,21). The van der Waals surface area contributed by atoms with E-state index in [1.54, 1.807) is 0 Å². The minimum absolute atomic E-state index is 0.408. The molecule has 0 unspecified atom stereocenters. The Morgan fingerprint density at radius 1 is 1.18 bits per heavy atom. The van der Waals surface area contributed by atoms with E-state index in [1.165, 1.54) is 5.56 Å². The van der Waals surface area contributed by atoms with Crippen LogP contribution in [0.15, 0.2) is 58.0 Å². The van der Waals surface area contributed by atoms with E-state index in [0.717, 1.165) is 34.3 Å². The summed E-state index contributed by atoms with van der Waals surface area (Å²) >= 11 is 0. The SMILES string of the molecule is CCc1ccc2cc(-c3ccccc3/C(=N/N)NN)oc2c1. The van der Waals surface area contributed by atoms with Gasteiger partial charge in [-0.05, 0) is 24.1 Å². The molecule has 0 aliphatic heterocycles. The fourth-order valence-electron chi connectivity index (χ4n) is 2.52. The Kier molecular flexibility index (Phi) is 3.80. The zero-order chi connectivity index (χ0) is 15.5. The molecule has 1 aromatic heterocycles. The lowest BCUT2D eigenvalue weighted by molar-refractivity contribution is 0.631. The number of hydrazine groups is 1. The number of benzene rings is 2. The van der Waals surface area contributed by atoms with E-state index in [0.29, 0.717) is 5.84 Å². The third-order valence-corrected chi connectivity index (χ3v) is 3.71. The maximum Gasteiger partial charge on any atom is 0.167 e. The molecule has 2 aromatic carbocycles. The van der Waals surface area contributed by atoms with Crippen LogP contribution in [0.2, 0.25) is 0 Å². The first-order valence-electron chi connectivity index (χ1n) is 7.13. The van der Waals surface area contributed by atoms with Crippen molar-refractivity contribution in [2.75, 3.05) is 0 Å². The lowest BCUT2D eigenvalue weighted by atomic mass is 10.0. The average molecular weight is 294 g/mol. The van der Waals surface area contributed by atoms with Crippen LogP contribution in [-0.2, 0) is 6.42 Å². The van der Waals surface area contributed by atoms with Crippen molar-refractivity contribution in [3.63, 3.8) is 0 Å². The molecule has 3 rings (SSSR count). The number of nitrogens with two attached hydrogens (primary N) is 2. The van der Waals surface area contributed by atoms with Gasteiger partial charge in [-0.2, -0.15) is 5.10 Å². The highest BCUT2D eigenvalue weighted by atomic mass is 16.3. The summed E-state index contributed by atoms with van der Waals surface area (Å²) in [6.07, 6.45) is 0.976. The summed E-state index contributed by atoms with van der Waals surface area (Å²) in [6.45, 7) is 2.12. The number of aryl methyl sites for hydroxylation is 1. The van der Waals surface area contributed by atoms with E-state index in [-0.39, 0.29) is 0 Å². The molecule has 5 heteroatoms. The van der Waals surface area contributed by atoms with Crippen molar-refractivity contribution in [1.29, 1.82) is 0 Å². The fraction of sp³-hybridized carbons (Fsp3) is 0.118. The number of hydrogen-bond donors (Lipinski definition) is 3. The van der Waals surface area contributed by atoms with Gasteiger partial charge >= 0.3 is 0 Å². The van der Waals surface area contributed by atoms with E-state index in [9.17, 15) is 0 Å². The van der Waals surface area contributed by atoms with Crippen molar-refractivity contribution in [2.45, 2.75) is 13.3 Å². The number of nitrogens with zero attached hydrogens (tertiary/aromatic N) is 1. The van der Waals surface area contributed by atoms with Gasteiger partial charge in [0.25, 0.3) is 0 Å². The van der Waals surface area contributed by atoms with Crippen LogP contribution in [-0.4, -0.2) is 5.84 Å². The van der Waals surface area contributed by atoms with Crippen molar-refractivity contribution in [3.05, 3.63) is 59.7 Å². The molecular weight excluding hydrogens is 276 g/mol. The number of nitrogens with one attached hydrogen (secondary N) is 1. The highest BCUT2D eigenvalue weighted by molar-refractivity contribution is 6.04. The predicted molar refractivity (Wildman–Crippen MR) is 89.1 cm³/mol. The van der Waals surface area contributed by atoms with Gasteiger partial charge in [0.2, 0.25) is 0 Å². The number of rotatable bonds is 3. The summed E-state index contributed by atoms with van der Waals surface area (Å²) in [6, 6.07) is 16.0. The normalized spacial score (nSPS) is 11.8. The molecule has 0 bridgehead atoms.